The Bertz CT molecular complexity index is 456. The van der Waals surface area contributed by atoms with E-state index >= 15 is 0 Å². The average Bonchev–Trinajstić information content (AvgIpc) is 2.30. The standard InChI is InChI=1S/C15H23FN2O2/c1-5-20-13-7-6-11(10-12(13)16)8-9-17-14(19)18-15(2,3)4/h6-7,10H,5,8-9H2,1-4H3,(H2,17,18,19). The summed E-state index contributed by atoms with van der Waals surface area (Å²) < 4.78 is 18.8. The molecule has 2 amide bonds. The summed E-state index contributed by atoms with van der Waals surface area (Å²) in [6.45, 7) is 8.43. The maximum absolute atomic E-state index is 13.6. The Kier molecular flexibility index (Phi) is 5.80. The van der Waals surface area contributed by atoms with Crippen LogP contribution in [0.15, 0.2) is 18.2 Å². The Morgan fingerprint density at radius 1 is 1.35 bits per heavy atom. The van der Waals surface area contributed by atoms with Crippen LogP contribution in [-0.2, 0) is 6.42 Å². The van der Waals surface area contributed by atoms with Crippen molar-refractivity contribution in [3.05, 3.63) is 29.6 Å². The molecule has 1 rings (SSSR count). The molecule has 5 heteroatoms. The van der Waals surface area contributed by atoms with Crippen molar-refractivity contribution in [2.75, 3.05) is 13.2 Å². The third-order valence-electron chi connectivity index (χ3n) is 2.48. The molecule has 0 saturated carbocycles. The molecule has 0 unspecified atom stereocenters. The normalized spacial score (nSPS) is 11.1. The van der Waals surface area contributed by atoms with E-state index in [2.05, 4.69) is 10.6 Å². The van der Waals surface area contributed by atoms with Gasteiger partial charge in [-0.1, -0.05) is 6.07 Å². The molecule has 2 N–H and O–H groups in total. The van der Waals surface area contributed by atoms with Crippen molar-refractivity contribution in [3.8, 4) is 5.75 Å². The lowest BCUT2D eigenvalue weighted by atomic mass is 10.1. The molecule has 1 aromatic rings. The minimum absolute atomic E-state index is 0.219. The topological polar surface area (TPSA) is 50.4 Å². The van der Waals surface area contributed by atoms with Gasteiger partial charge in [0.05, 0.1) is 6.61 Å². The summed E-state index contributed by atoms with van der Waals surface area (Å²) in [6.07, 6.45) is 0.570. The van der Waals surface area contributed by atoms with Crippen LogP contribution in [0, 0.1) is 5.82 Å². The van der Waals surface area contributed by atoms with E-state index < -0.39 is 0 Å². The Balaban J connectivity index is 2.43. The molecule has 0 bridgehead atoms. The molecule has 0 aliphatic heterocycles. The zero-order chi connectivity index (χ0) is 15.2. The fourth-order valence-corrected chi connectivity index (χ4v) is 1.68. The van der Waals surface area contributed by atoms with E-state index in [-0.39, 0.29) is 23.1 Å². The van der Waals surface area contributed by atoms with Crippen molar-refractivity contribution in [3.63, 3.8) is 0 Å². The third kappa shape index (κ3) is 5.91. The van der Waals surface area contributed by atoms with E-state index in [4.69, 9.17) is 4.74 Å². The number of carbonyl (C=O) groups is 1. The lowest BCUT2D eigenvalue weighted by molar-refractivity contribution is 0.232. The van der Waals surface area contributed by atoms with Crippen molar-refractivity contribution in [1.82, 2.24) is 10.6 Å². The first-order chi connectivity index (χ1) is 9.31. The molecule has 0 atom stereocenters. The molecule has 0 aromatic heterocycles. The monoisotopic (exact) mass is 282 g/mol. The van der Waals surface area contributed by atoms with E-state index in [1.165, 1.54) is 6.07 Å². The maximum Gasteiger partial charge on any atom is 0.315 e. The average molecular weight is 282 g/mol. The van der Waals surface area contributed by atoms with Crippen LogP contribution in [0.5, 0.6) is 5.75 Å². The molecule has 0 aliphatic rings. The molecular formula is C15H23FN2O2. The van der Waals surface area contributed by atoms with Gasteiger partial charge in [0.15, 0.2) is 11.6 Å². The van der Waals surface area contributed by atoms with E-state index in [1.807, 2.05) is 27.7 Å². The molecule has 0 radical (unpaired) electrons. The molecule has 20 heavy (non-hydrogen) atoms. The van der Waals surface area contributed by atoms with Gasteiger partial charge in [-0.05, 0) is 51.8 Å². The third-order valence-corrected chi connectivity index (χ3v) is 2.48. The van der Waals surface area contributed by atoms with Crippen LogP contribution in [0.3, 0.4) is 0 Å². The minimum Gasteiger partial charge on any atom is -0.491 e. The summed E-state index contributed by atoms with van der Waals surface area (Å²) in [5.41, 5.74) is 0.553. The van der Waals surface area contributed by atoms with Crippen LogP contribution in [0.4, 0.5) is 9.18 Å². The second-order valence-electron chi connectivity index (χ2n) is 5.58. The summed E-state index contributed by atoms with van der Waals surface area (Å²) in [5, 5.41) is 5.54. The Labute approximate surface area is 119 Å². The van der Waals surface area contributed by atoms with Crippen molar-refractivity contribution >= 4 is 6.03 Å². The highest BCUT2D eigenvalue weighted by atomic mass is 19.1. The van der Waals surface area contributed by atoms with Crippen LogP contribution in [0.2, 0.25) is 0 Å². The maximum atomic E-state index is 13.6. The van der Waals surface area contributed by atoms with Gasteiger partial charge in [0.2, 0.25) is 0 Å². The van der Waals surface area contributed by atoms with Gasteiger partial charge < -0.3 is 15.4 Å². The molecule has 1 aromatic carbocycles. The summed E-state index contributed by atoms with van der Waals surface area (Å²) in [5.74, 6) is -0.113. The number of urea groups is 1. The van der Waals surface area contributed by atoms with Gasteiger partial charge in [0.25, 0.3) is 0 Å². The van der Waals surface area contributed by atoms with E-state index in [1.54, 1.807) is 12.1 Å². The van der Waals surface area contributed by atoms with Crippen molar-refractivity contribution < 1.29 is 13.9 Å². The number of halogens is 1. The van der Waals surface area contributed by atoms with Gasteiger partial charge in [-0.2, -0.15) is 0 Å². The summed E-state index contributed by atoms with van der Waals surface area (Å²) in [7, 11) is 0. The van der Waals surface area contributed by atoms with Crippen molar-refractivity contribution in [2.45, 2.75) is 39.7 Å². The molecule has 112 valence electrons. The van der Waals surface area contributed by atoms with Gasteiger partial charge in [-0.25, -0.2) is 9.18 Å². The van der Waals surface area contributed by atoms with Gasteiger partial charge in [0, 0.05) is 12.1 Å². The zero-order valence-corrected chi connectivity index (χ0v) is 12.5. The number of hydrogen-bond acceptors (Lipinski definition) is 2. The summed E-state index contributed by atoms with van der Waals surface area (Å²) in [4.78, 5) is 11.5. The van der Waals surface area contributed by atoms with Crippen LogP contribution in [-0.4, -0.2) is 24.7 Å². The highest BCUT2D eigenvalue weighted by molar-refractivity contribution is 5.74. The number of benzene rings is 1. The van der Waals surface area contributed by atoms with Crippen LogP contribution >= 0.6 is 0 Å². The van der Waals surface area contributed by atoms with E-state index in [9.17, 15) is 9.18 Å². The second kappa shape index (κ2) is 7.12. The van der Waals surface area contributed by atoms with Crippen LogP contribution < -0.4 is 15.4 Å². The van der Waals surface area contributed by atoms with Gasteiger partial charge in [0.1, 0.15) is 0 Å². The van der Waals surface area contributed by atoms with Crippen LogP contribution in [0.1, 0.15) is 33.3 Å². The number of amides is 2. The quantitative estimate of drug-likeness (QED) is 0.872. The Morgan fingerprint density at radius 3 is 2.60 bits per heavy atom. The highest BCUT2D eigenvalue weighted by Crippen LogP contribution is 2.18. The number of ether oxygens (including phenoxy) is 1. The fourth-order valence-electron chi connectivity index (χ4n) is 1.68. The number of rotatable bonds is 5. The first-order valence-electron chi connectivity index (χ1n) is 6.79. The Morgan fingerprint density at radius 2 is 2.05 bits per heavy atom. The smallest absolute Gasteiger partial charge is 0.315 e. The molecule has 0 fully saturated rings. The number of carbonyl (C=O) groups excluding carboxylic acids is 1. The van der Waals surface area contributed by atoms with Crippen molar-refractivity contribution in [1.29, 1.82) is 0 Å². The Hall–Kier alpha value is -1.78. The van der Waals surface area contributed by atoms with Crippen molar-refractivity contribution in [2.24, 2.45) is 0 Å². The number of hydrogen-bond donors (Lipinski definition) is 2. The molecule has 0 aliphatic carbocycles. The molecule has 0 heterocycles. The fraction of sp³-hybridized carbons (Fsp3) is 0.533. The van der Waals surface area contributed by atoms with E-state index in [0.29, 0.717) is 19.6 Å². The molecule has 4 nitrogen and oxygen atoms in total. The van der Waals surface area contributed by atoms with Gasteiger partial charge in [-0.3, -0.25) is 0 Å². The van der Waals surface area contributed by atoms with Gasteiger partial charge in [-0.15, -0.1) is 0 Å². The minimum atomic E-state index is -0.372. The number of nitrogens with one attached hydrogen (secondary N) is 2. The molecular weight excluding hydrogens is 259 g/mol. The largest absolute Gasteiger partial charge is 0.491 e. The first kappa shape index (κ1) is 16.3. The second-order valence-corrected chi connectivity index (χ2v) is 5.58. The molecule has 0 spiro atoms. The van der Waals surface area contributed by atoms with Gasteiger partial charge >= 0.3 is 6.03 Å². The zero-order valence-electron chi connectivity index (χ0n) is 12.5. The summed E-state index contributed by atoms with van der Waals surface area (Å²) in [6, 6.07) is 4.64. The highest BCUT2D eigenvalue weighted by Gasteiger charge is 2.12. The van der Waals surface area contributed by atoms with Crippen LogP contribution in [0.25, 0.3) is 0 Å². The predicted octanol–water partition coefficient (Wildman–Crippen LogP) is 2.86. The lowest BCUT2D eigenvalue weighted by Crippen LogP contribution is -2.46. The molecule has 0 saturated heterocycles. The summed E-state index contributed by atoms with van der Waals surface area (Å²) >= 11 is 0. The lowest BCUT2D eigenvalue weighted by Gasteiger charge is -2.20. The van der Waals surface area contributed by atoms with E-state index in [0.717, 1.165) is 5.56 Å². The first-order valence-corrected chi connectivity index (χ1v) is 6.79. The SMILES string of the molecule is CCOc1ccc(CCNC(=O)NC(C)(C)C)cc1F. The predicted molar refractivity (Wildman–Crippen MR) is 77.6 cm³/mol.